The zero-order valence-corrected chi connectivity index (χ0v) is 24.8. The number of rotatable bonds is 27. The second-order valence-electron chi connectivity index (χ2n) is 11.2. The first kappa shape index (κ1) is 35.3. The molecule has 216 valence electrons. The summed E-state index contributed by atoms with van der Waals surface area (Å²) >= 11 is 0. The third-order valence-electron chi connectivity index (χ3n) is 6.87. The van der Waals surface area contributed by atoms with Gasteiger partial charge in [0.15, 0.2) is 0 Å². The highest BCUT2D eigenvalue weighted by molar-refractivity contribution is 7.80. The van der Waals surface area contributed by atoms with Crippen LogP contribution in [0.25, 0.3) is 0 Å². The quantitative estimate of drug-likeness (QED) is 0.0813. The van der Waals surface area contributed by atoms with Crippen molar-refractivity contribution >= 4 is 16.3 Å². The molecule has 6 nitrogen and oxygen atoms in total. The number of carbonyl (C=O) groups is 1. The fourth-order valence-corrected chi connectivity index (χ4v) is 5.34. The van der Waals surface area contributed by atoms with Gasteiger partial charge >= 0.3 is 10.4 Å². The van der Waals surface area contributed by atoms with Gasteiger partial charge in [-0.25, -0.2) is 4.18 Å². The highest BCUT2D eigenvalue weighted by Gasteiger charge is 2.24. The number of nitrogens with one attached hydrogen (secondary N) is 1. The minimum atomic E-state index is -4.44. The van der Waals surface area contributed by atoms with Gasteiger partial charge in [0.25, 0.3) is 0 Å². The molecule has 0 aliphatic rings. The van der Waals surface area contributed by atoms with E-state index >= 15 is 0 Å². The van der Waals surface area contributed by atoms with Crippen LogP contribution in [0.5, 0.6) is 0 Å². The number of amides is 1. The summed E-state index contributed by atoms with van der Waals surface area (Å²) in [6.45, 7) is 6.11. The SMILES string of the molecule is CCCCCCCCCCCCCCCCCCCCCC(=O)NCCCCC(C)(C)OS(=O)(=O)O. The van der Waals surface area contributed by atoms with Crippen LogP contribution in [0.2, 0.25) is 0 Å². The van der Waals surface area contributed by atoms with Crippen LogP contribution in [0.1, 0.15) is 168 Å². The Morgan fingerprint density at radius 2 is 1.06 bits per heavy atom. The maximum Gasteiger partial charge on any atom is 0.397 e. The highest BCUT2D eigenvalue weighted by Crippen LogP contribution is 2.20. The molecule has 36 heavy (non-hydrogen) atoms. The smallest absolute Gasteiger partial charge is 0.356 e. The predicted octanol–water partition coefficient (Wildman–Crippen LogP) is 8.69. The second-order valence-corrected chi connectivity index (χ2v) is 12.2. The molecule has 0 saturated carbocycles. The molecule has 0 aliphatic heterocycles. The van der Waals surface area contributed by atoms with Crippen LogP contribution in [-0.2, 0) is 19.4 Å². The number of hydrogen-bond acceptors (Lipinski definition) is 4. The van der Waals surface area contributed by atoms with Crippen molar-refractivity contribution in [1.82, 2.24) is 5.32 Å². The number of unbranched alkanes of at least 4 members (excludes halogenated alkanes) is 19. The molecule has 0 fully saturated rings. The molecule has 0 aromatic heterocycles. The average molecular weight is 534 g/mol. The monoisotopic (exact) mass is 533 g/mol. The molecule has 0 unspecified atom stereocenters. The van der Waals surface area contributed by atoms with E-state index in [-0.39, 0.29) is 5.91 Å². The van der Waals surface area contributed by atoms with Crippen LogP contribution in [0.15, 0.2) is 0 Å². The van der Waals surface area contributed by atoms with Crippen LogP contribution >= 0.6 is 0 Å². The van der Waals surface area contributed by atoms with E-state index in [0.717, 1.165) is 19.3 Å². The molecule has 7 heteroatoms. The molecular weight excluding hydrogens is 474 g/mol. The number of carbonyl (C=O) groups excluding carboxylic acids is 1. The molecule has 0 aliphatic carbocycles. The molecule has 0 heterocycles. The molecule has 0 radical (unpaired) electrons. The van der Waals surface area contributed by atoms with E-state index in [1.807, 2.05) is 0 Å². The van der Waals surface area contributed by atoms with E-state index in [1.54, 1.807) is 13.8 Å². The summed E-state index contributed by atoms with van der Waals surface area (Å²) in [6.07, 6.45) is 28.1. The van der Waals surface area contributed by atoms with Crippen LogP contribution in [-0.4, -0.2) is 31.0 Å². The number of hydrogen-bond donors (Lipinski definition) is 2. The maximum atomic E-state index is 11.9. The van der Waals surface area contributed by atoms with E-state index < -0.39 is 16.0 Å². The predicted molar refractivity (Wildman–Crippen MR) is 152 cm³/mol. The van der Waals surface area contributed by atoms with E-state index in [9.17, 15) is 13.2 Å². The van der Waals surface area contributed by atoms with E-state index in [1.165, 1.54) is 109 Å². The van der Waals surface area contributed by atoms with Crippen molar-refractivity contribution in [3.05, 3.63) is 0 Å². The van der Waals surface area contributed by atoms with Gasteiger partial charge in [-0.05, 0) is 39.5 Å². The Labute approximate surface area is 224 Å². The average Bonchev–Trinajstić information content (AvgIpc) is 2.78. The Hall–Kier alpha value is -0.660. The lowest BCUT2D eigenvalue weighted by Crippen LogP contribution is -2.28. The summed E-state index contributed by atoms with van der Waals surface area (Å²) in [7, 11) is -4.44. The van der Waals surface area contributed by atoms with Crippen molar-refractivity contribution in [2.24, 2.45) is 0 Å². The Bertz CT molecular complexity index is 607. The van der Waals surface area contributed by atoms with Crippen LogP contribution in [0.4, 0.5) is 0 Å². The largest absolute Gasteiger partial charge is 0.397 e. The molecule has 1 amide bonds. The normalized spacial score (nSPS) is 12.2. The Balaban J connectivity index is 3.31. The van der Waals surface area contributed by atoms with Gasteiger partial charge in [0.2, 0.25) is 5.91 Å². The van der Waals surface area contributed by atoms with Crippen molar-refractivity contribution in [3.63, 3.8) is 0 Å². The fraction of sp³-hybridized carbons (Fsp3) is 0.966. The fourth-order valence-electron chi connectivity index (χ4n) is 4.68. The minimum absolute atomic E-state index is 0.0930. The molecule has 0 aromatic carbocycles. The summed E-state index contributed by atoms with van der Waals surface area (Å²) in [5.74, 6) is 0.0930. The highest BCUT2D eigenvalue weighted by atomic mass is 32.3. The van der Waals surface area contributed by atoms with Crippen molar-refractivity contribution in [2.45, 2.75) is 174 Å². The van der Waals surface area contributed by atoms with Crippen molar-refractivity contribution in [3.8, 4) is 0 Å². The van der Waals surface area contributed by atoms with Crippen molar-refractivity contribution in [2.75, 3.05) is 6.54 Å². The van der Waals surface area contributed by atoms with Gasteiger partial charge in [-0.3, -0.25) is 9.35 Å². The second kappa shape index (κ2) is 23.5. The lowest BCUT2D eigenvalue weighted by atomic mass is 10.0. The first-order valence-corrected chi connectivity index (χ1v) is 16.5. The van der Waals surface area contributed by atoms with Crippen molar-refractivity contribution in [1.29, 1.82) is 0 Å². The van der Waals surface area contributed by atoms with Gasteiger partial charge in [0.1, 0.15) is 0 Å². The van der Waals surface area contributed by atoms with Crippen molar-refractivity contribution < 1.29 is 21.9 Å². The lowest BCUT2D eigenvalue weighted by molar-refractivity contribution is -0.121. The first-order chi connectivity index (χ1) is 17.2. The Kier molecular flexibility index (Phi) is 23.0. The van der Waals surface area contributed by atoms with E-state index in [2.05, 4.69) is 16.4 Å². The van der Waals surface area contributed by atoms with Gasteiger partial charge in [-0.2, -0.15) is 8.42 Å². The van der Waals surface area contributed by atoms with Crippen LogP contribution in [0.3, 0.4) is 0 Å². The summed E-state index contributed by atoms with van der Waals surface area (Å²) in [5, 5.41) is 2.93. The standard InChI is InChI=1S/C29H59NO5S/c1-4-5-6-7-8-9-10-11-12-13-14-15-16-17-18-19-20-21-22-25-28(31)30-27-24-23-26-29(2,3)35-36(32,33)34/h4-27H2,1-3H3,(H,30,31)(H,32,33,34). The van der Waals surface area contributed by atoms with Gasteiger partial charge in [0, 0.05) is 13.0 Å². The third-order valence-corrected chi connectivity index (χ3v) is 7.53. The zero-order chi connectivity index (χ0) is 27.0. The van der Waals surface area contributed by atoms with Crippen LogP contribution < -0.4 is 5.32 Å². The molecule has 0 spiro atoms. The lowest BCUT2D eigenvalue weighted by Gasteiger charge is -2.22. The van der Waals surface area contributed by atoms with E-state index in [0.29, 0.717) is 25.8 Å². The first-order valence-electron chi connectivity index (χ1n) is 15.1. The summed E-state index contributed by atoms with van der Waals surface area (Å²) in [6, 6.07) is 0. The Morgan fingerprint density at radius 1 is 0.667 bits per heavy atom. The molecule has 0 bridgehead atoms. The molecule has 0 atom stereocenters. The van der Waals surface area contributed by atoms with Gasteiger partial charge in [-0.15, -0.1) is 0 Å². The van der Waals surface area contributed by atoms with Crippen LogP contribution in [0, 0.1) is 0 Å². The van der Waals surface area contributed by atoms with Gasteiger partial charge < -0.3 is 5.32 Å². The molecule has 0 aromatic rings. The summed E-state index contributed by atoms with van der Waals surface area (Å²) < 4.78 is 35.0. The topological polar surface area (TPSA) is 92.7 Å². The molecule has 0 rings (SSSR count). The maximum absolute atomic E-state index is 11.9. The molecule has 2 N–H and O–H groups in total. The van der Waals surface area contributed by atoms with E-state index in [4.69, 9.17) is 4.55 Å². The third kappa shape index (κ3) is 27.9. The van der Waals surface area contributed by atoms with Gasteiger partial charge in [-0.1, -0.05) is 122 Å². The van der Waals surface area contributed by atoms with Gasteiger partial charge in [0.05, 0.1) is 5.60 Å². The summed E-state index contributed by atoms with van der Waals surface area (Å²) in [4.78, 5) is 11.9. The molecular formula is C29H59NO5S. The summed E-state index contributed by atoms with van der Waals surface area (Å²) in [5.41, 5.74) is -0.940. The molecule has 0 saturated heterocycles. The zero-order valence-electron chi connectivity index (χ0n) is 24.0. The Morgan fingerprint density at radius 3 is 1.44 bits per heavy atom. The minimum Gasteiger partial charge on any atom is -0.356 e.